The van der Waals surface area contributed by atoms with E-state index in [9.17, 15) is 13.2 Å². The molecule has 1 aromatic carbocycles. The zero-order valence-electron chi connectivity index (χ0n) is 10.2. The number of hydrogen-bond acceptors (Lipinski definition) is 6. The Kier molecular flexibility index (Phi) is 3.75. The van der Waals surface area contributed by atoms with E-state index in [1.165, 1.54) is 6.92 Å². The van der Waals surface area contributed by atoms with Gasteiger partial charge in [-0.2, -0.15) is 5.10 Å². The third kappa shape index (κ3) is 3.72. The van der Waals surface area contributed by atoms with Gasteiger partial charge >= 0.3 is 5.97 Å². The van der Waals surface area contributed by atoms with Crippen molar-refractivity contribution in [1.82, 2.24) is 0 Å². The summed E-state index contributed by atoms with van der Waals surface area (Å²) in [5.74, 6) is -1.47. The van der Waals surface area contributed by atoms with Gasteiger partial charge in [-0.15, -0.1) is 5.10 Å². The van der Waals surface area contributed by atoms with Crippen molar-refractivity contribution in [3.8, 4) is 0 Å². The van der Waals surface area contributed by atoms with Gasteiger partial charge in [0.15, 0.2) is 9.84 Å². The molecular formula is C12H12N2O4S. The van der Waals surface area contributed by atoms with Gasteiger partial charge in [0, 0.05) is 6.92 Å². The minimum Gasteiger partial charge on any atom is -0.409 e. The van der Waals surface area contributed by atoms with E-state index in [0.29, 0.717) is 11.3 Å². The monoisotopic (exact) mass is 280 g/mol. The van der Waals surface area contributed by atoms with Crippen molar-refractivity contribution in [1.29, 1.82) is 0 Å². The molecular weight excluding hydrogens is 268 g/mol. The molecule has 2 rings (SSSR count). The summed E-state index contributed by atoms with van der Waals surface area (Å²) in [4.78, 5) is 10.8. The second kappa shape index (κ2) is 5.31. The molecule has 0 radical (unpaired) electrons. The quantitative estimate of drug-likeness (QED) is 0.711. The number of carbonyl (C=O) groups excluding carboxylic acids is 1. The predicted molar refractivity (Wildman–Crippen MR) is 70.8 cm³/mol. The van der Waals surface area contributed by atoms with Crippen molar-refractivity contribution in [3.05, 3.63) is 35.9 Å². The highest BCUT2D eigenvalue weighted by atomic mass is 32.2. The Hall–Kier alpha value is -2.02. The van der Waals surface area contributed by atoms with Crippen molar-refractivity contribution >= 4 is 27.4 Å². The molecule has 0 aliphatic carbocycles. The smallest absolute Gasteiger partial charge is 0.309 e. The third-order valence-corrected chi connectivity index (χ3v) is 3.75. The number of hydrogen-bond donors (Lipinski definition) is 0. The second-order valence-corrected chi connectivity index (χ2v) is 6.10. The lowest BCUT2D eigenvalue weighted by atomic mass is 10.1. The first-order valence-electron chi connectivity index (χ1n) is 5.54. The van der Waals surface area contributed by atoms with Gasteiger partial charge in [-0.05, 0) is 5.56 Å². The molecule has 1 aliphatic rings. The van der Waals surface area contributed by atoms with Crippen LogP contribution in [0.25, 0.3) is 0 Å². The Morgan fingerprint density at radius 2 is 1.84 bits per heavy atom. The van der Waals surface area contributed by atoms with Crippen molar-refractivity contribution < 1.29 is 17.9 Å². The largest absolute Gasteiger partial charge is 0.409 e. The number of nitrogens with zero attached hydrogens (tertiary/aromatic N) is 2. The summed E-state index contributed by atoms with van der Waals surface area (Å²) < 4.78 is 28.5. The first-order valence-corrected chi connectivity index (χ1v) is 7.36. The molecule has 0 aromatic heterocycles. The van der Waals surface area contributed by atoms with Crippen molar-refractivity contribution in [3.63, 3.8) is 0 Å². The first kappa shape index (κ1) is 13.4. The normalized spacial score (nSPS) is 17.9. The van der Waals surface area contributed by atoms with Crippen molar-refractivity contribution in [2.75, 3.05) is 11.5 Å². The molecule has 0 N–H and O–H groups in total. The van der Waals surface area contributed by atoms with Gasteiger partial charge in [-0.1, -0.05) is 30.3 Å². The molecule has 0 atom stereocenters. The van der Waals surface area contributed by atoms with E-state index >= 15 is 0 Å². The van der Waals surface area contributed by atoms with Crippen LogP contribution in [0.15, 0.2) is 40.5 Å². The molecule has 6 nitrogen and oxygen atoms in total. The van der Waals surface area contributed by atoms with E-state index in [1.807, 2.05) is 6.07 Å². The minimum absolute atomic E-state index is 0.196. The summed E-state index contributed by atoms with van der Waals surface area (Å²) in [6.07, 6.45) is 0. The highest BCUT2D eigenvalue weighted by Gasteiger charge is 2.24. The van der Waals surface area contributed by atoms with Gasteiger partial charge in [-0.25, -0.2) is 8.42 Å². The number of esters is 1. The Bertz CT molecular complexity index is 648. The van der Waals surface area contributed by atoms with Crippen LogP contribution in [0, 0.1) is 0 Å². The lowest BCUT2D eigenvalue weighted by molar-refractivity contribution is -0.133. The Balaban J connectivity index is 2.37. The Labute approximate surface area is 110 Å². The van der Waals surface area contributed by atoms with Crippen LogP contribution in [0.2, 0.25) is 0 Å². The molecule has 0 unspecified atom stereocenters. The summed E-state index contributed by atoms with van der Waals surface area (Å²) in [6.45, 7) is 1.18. The average Bonchev–Trinajstić information content (AvgIpc) is 2.48. The lowest BCUT2D eigenvalue weighted by Crippen LogP contribution is -2.24. The fourth-order valence-electron chi connectivity index (χ4n) is 1.61. The summed E-state index contributed by atoms with van der Waals surface area (Å²) in [6, 6.07) is 8.89. The van der Waals surface area contributed by atoms with Crippen LogP contribution < -0.4 is 0 Å². The molecule has 0 saturated heterocycles. The highest BCUT2D eigenvalue weighted by Crippen LogP contribution is 2.09. The Morgan fingerprint density at radius 1 is 1.16 bits per heavy atom. The molecule has 100 valence electrons. The fourth-order valence-corrected chi connectivity index (χ4v) is 2.84. The average molecular weight is 280 g/mol. The number of ether oxygens (including phenoxy) is 1. The van der Waals surface area contributed by atoms with Gasteiger partial charge in [0.1, 0.15) is 5.75 Å². The topological polar surface area (TPSA) is 85.2 Å². The van der Waals surface area contributed by atoms with E-state index in [2.05, 4.69) is 10.2 Å². The lowest BCUT2D eigenvalue weighted by Gasteiger charge is -2.03. The predicted octanol–water partition coefficient (Wildman–Crippen LogP) is 0.781. The van der Waals surface area contributed by atoms with E-state index in [-0.39, 0.29) is 11.7 Å². The van der Waals surface area contributed by atoms with Crippen LogP contribution in [0.3, 0.4) is 0 Å². The van der Waals surface area contributed by atoms with E-state index < -0.39 is 21.6 Å². The van der Waals surface area contributed by atoms with Crippen molar-refractivity contribution in [2.45, 2.75) is 6.92 Å². The number of carbonyl (C=O) groups is 1. The van der Waals surface area contributed by atoms with Crippen LogP contribution in [0.5, 0.6) is 0 Å². The molecule has 0 saturated carbocycles. The molecule has 0 fully saturated rings. The van der Waals surface area contributed by atoms with Gasteiger partial charge in [0.2, 0.25) is 5.90 Å². The summed E-state index contributed by atoms with van der Waals surface area (Å²) in [5.41, 5.74) is 1.02. The highest BCUT2D eigenvalue weighted by molar-refractivity contribution is 7.92. The standard InChI is InChI=1S/C12H12N2O4S/c1-9(15)18-12-8-19(16,17)7-11(13-14-12)10-5-3-2-4-6-10/h2-6H,7-8H2,1H3. The number of benzene rings is 1. The SMILES string of the molecule is CC(=O)OC1=NN=C(c2ccccc2)CS(=O)(=O)C1. The zero-order chi connectivity index (χ0) is 13.9. The van der Waals surface area contributed by atoms with Crippen molar-refractivity contribution in [2.24, 2.45) is 10.2 Å². The first-order chi connectivity index (χ1) is 8.96. The summed E-state index contributed by atoms with van der Waals surface area (Å²) >= 11 is 0. The van der Waals surface area contributed by atoms with Gasteiger partial charge < -0.3 is 4.74 Å². The van der Waals surface area contributed by atoms with Crippen LogP contribution in [0.1, 0.15) is 12.5 Å². The molecule has 0 bridgehead atoms. The molecule has 1 heterocycles. The van der Waals surface area contributed by atoms with Crippen LogP contribution in [-0.2, 0) is 19.4 Å². The molecule has 7 heteroatoms. The second-order valence-electron chi connectivity index (χ2n) is 4.03. The maximum absolute atomic E-state index is 11.9. The van der Waals surface area contributed by atoms with Crippen LogP contribution >= 0.6 is 0 Å². The third-order valence-electron chi connectivity index (χ3n) is 2.35. The molecule has 1 aromatic rings. The number of sulfone groups is 1. The molecule has 0 spiro atoms. The molecule has 1 aliphatic heterocycles. The summed E-state index contributed by atoms with van der Waals surface area (Å²) in [5, 5.41) is 7.57. The molecule has 19 heavy (non-hydrogen) atoms. The maximum Gasteiger partial charge on any atom is 0.309 e. The Morgan fingerprint density at radius 3 is 2.47 bits per heavy atom. The fraction of sp³-hybridized carbons (Fsp3) is 0.250. The minimum atomic E-state index is -3.45. The summed E-state index contributed by atoms with van der Waals surface area (Å²) in [7, 11) is -3.45. The van der Waals surface area contributed by atoms with Crippen LogP contribution in [-0.4, -0.2) is 37.5 Å². The van der Waals surface area contributed by atoms with Crippen LogP contribution in [0.4, 0.5) is 0 Å². The van der Waals surface area contributed by atoms with Gasteiger partial charge in [0.25, 0.3) is 0 Å². The zero-order valence-corrected chi connectivity index (χ0v) is 11.1. The van der Waals surface area contributed by atoms with E-state index in [1.54, 1.807) is 24.3 Å². The van der Waals surface area contributed by atoms with Gasteiger partial charge in [-0.3, -0.25) is 4.79 Å². The van der Waals surface area contributed by atoms with Gasteiger partial charge in [0.05, 0.1) is 11.5 Å². The van der Waals surface area contributed by atoms with E-state index in [0.717, 1.165) is 0 Å². The maximum atomic E-state index is 11.9. The number of rotatable bonds is 1. The van der Waals surface area contributed by atoms with E-state index in [4.69, 9.17) is 4.74 Å². The molecule has 0 amide bonds.